The lowest BCUT2D eigenvalue weighted by Gasteiger charge is -2.33. The summed E-state index contributed by atoms with van der Waals surface area (Å²) in [5.41, 5.74) is -1.69. The molecule has 0 aromatic heterocycles. The maximum absolute atomic E-state index is 12.8. The van der Waals surface area contributed by atoms with Gasteiger partial charge in [-0.2, -0.15) is 0 Å². The van der Waals surface area contributed by atoms with E-state index >= 15 is 0 Å². The van der Waals surface area contributed by atoms with Crippen LogP contribution in [0.25, 0.3) is 0 Å². The van der Waals surface area contributed by atoms with Crippen LogP contribution >= 0.6 is 0 Å². The first-order chi connectivity index (χ1) is 17.3. The van der Waals surface area contributed by atoms with Crippen molar-refractivity contribution in [3.63, 3.8) is 0 Å². The molecule has 8 nitrogen and oxygen atoms in total. The van der Waals surface area contributed by atoms with E-state index in [2.05, 4.69) is 45.3 Å². The van der Waals surface area contributed by atoms with Crippen LogP contribution in [0, 0.1) is 32.5 Å². The number of hydrogen-bond acceptors (Lipinski definition) is 5. The van der Waals surface area contributed by atoms with E-state index in [0.717, 1.165) is 6.42 Å². The molecule has 0 saturated heterocycles. The minimum atomic E-state index is -0.840. The first-order valence-corrected chi connectivity index (χ1v) is 14.2. The molecular formula is C31H60N2O6. The van der Waals surface area contributed by atoms with Gasteiger partial charge in [0.2, 0.25) is 11.8 Å². The smallest absolute Gasteiger partial charge is 0.303 e. The number of amides is 2. The zero-order valence-electron chi connectivity index (χ0n) is 27.4. The van der Waals surface area contributed by atoms with Gasteiger partial charge in [0.25, 0.3) is 0 Å². The molecule has 230 valence electrons. The maximum Gasteiger partial charge on any atom is 0.303 e. The highest BCUT2D eigenvalue weighted by Crippen LogP contribution is 2.33. The van der Waals surface area contributed by atoms with E-state index in [1.807, 2.05) is 55.4 Å². The van der Waals surface area contributed by atoms with E-state index in [1.54, 1.807) is 0 Å². The SMILES string of the molecule is CC(C)(C)CC(C)(C)C(=O)NCC(C)(C)COCC(C)(C)CC(=O)NCC(C)(C)COCC(C)(C)CC(=O)O. The third-order valence-electron chi connectivity index (χ3n) is 6.32. The molecule has 0 heterocycles. The van der Waals surface area contributed by atoms with Gasteiger partial charge in [-0.1, -0.05) is 90.0 Å². The van der Waals surface area contributed by atoms with Crippen LogP contribution in [-0.4, -0.2) is 62.4 Å². The Morgan fingerprint density at radius 3 is 1.38 bits per heavy atom. The van der Waals surface area contributed by atoms with Gasteiger partial charge < -0.3 is 25.2 Å². The Balaban J connectivity index is 4.53. The number of nitrogens with one attached hydrogen (secondary N) is 2. The quantitative estimate of drug-likeness (QED) is 0.200. The lowest BCUT2D eigenvalue weighted by atomic mass is 9.75. The molecule has 0 aromatic carbocycles. The fourth-order valence-electron chi connectivity index (χ4n) is 4.62. The molecule has 8 heteroatoms. The number of carbonyl (C=O) groups is 3. The summed E-state index contributed by atoms with van der Waals surface area (Å²) in [4.78, 5) is 36.4. The van der Waals surface area contributed by atoms with Gasteiger partial charge in [0.05, 0.1) is 32.8 Å². The minimum absolute atomic E-state index is 0.0444. The number of rotatable bonds is 18. The number of aliphatic carboxylic acids is 1. The summed E-state index contributed by atoms with van der Waals surface area (Å²) in [7, 11) is 0. The third-order valence-corrected chi connectivity index (χ3v) is 6.32. The lowest BCUT2D eigenvalue weighted by Crippen LogP contribution is -2.44. The Morgan fingerprint density at radius 2 is 0.974 bits per heavy atom. The average molecular weight is 557 g/mol. The largest absolute Gasteiger partial charge is 0.481 e. The second-order valence-electron chi connectivity index (χ2n) is 16.5. The molecule has 0 aromatic rings. The lowest BCUT2D eigenvalue weighted by molar-refractivity contribution is -0.140. The summed E-state index contributed by atoms with van der Waals surface area (Å²) in [5, 5.41) is 15.1. The minimum Gasteiger partial charge on any atom is -0.481 e. The van der Waals surface area contributed by atoms with Crippen LogP contribution in [0.2, 0.25) is 0 Å². The molecule has 0 radical (unpaired) electrons. The fraction of sp³-hybridized carbons (Fsp3) is 0.903. The van der Waals surface area contributed by atoms with Gasteiger partial charge in [0.15, 0.2) is 0 Å². The van der Waals surface area contributed by atoms with Gasteiger partial charge in [-0.15, -0.1) is 0 Å². The number of carboxylic acid groups (broad SMARTS) is 1. The van der Waals surface area contributed by atoms with Gasteiger partial charge in [0.1, 0.15) is 0 Å². The zero-order valence-corrected chi connectivity index (χ0v) is 27.4. The molecule has 0 aliphatic rings. The summed E-state index contributed by atoms with van der Waals surface area (Å²) >= 11 is 0. The molecule has 0 unspecified atom stereocenters. The molecule has 2 amide bonds. The van der Waals surface area contributed by atoms with Gasteiger partial charge in [0, 0.05) is 35.8 Å². The monoisotopic (exact) mass is 556 g/mol. The van der Waals surface area contributed by atoms with Crippen molar-refractivity contribution < 1.29 is 29.0 Å². The van der Waals surface area contributed by atoms with Gasteiger partial charge in [-0.3, -0.25) is 14.4 Å². The van der Waals surface area contributed by atoms with Crippen molar-refractivity contribution >= 4 is 17.8 Å². The van der Waals surface area contributed by atoms with E-state index in [0.29, 0.717) is 45.9 Å². The summed E-state index contributed by atoms with van der Waals surface area (Å²) in [5.74, 6) is -0.831. The second kappa shape index (κ2) is 14.3. The Morgan fingerprint density at radius 1 is 0.590 bits per heavy atom. The van der Waals surface area contributed by atoms with E-state index in [-0.39, 0.29) is 39.9 Å². The number of carboxylic acids is 1. The normalized spacial score (nSPS) is 13.8. The Labute approximate surface area is 238 Å². The standard InChI is InChI=1S/C31H60N2O6/c1-26(2,3)16-31(12,13)25(37)33-18-30(10,11)22-38-19-27(4,5)14-23(34)32-17-29(8,9)21-39-20-28(6,7)15-24(35)36/h14-22H2,1-13H3,(H,32,34)(H,33,37)(H,35,36). The van der Waals surface area contributed by atoms with Crippen LogP contribution in [0.5, 0.6) is 0 Å². The van der Waals surface area contributed by atoms with Crippen LogP contribution in [0.3, 0.4) is 0 Å². The Kier molecular flexibility index (Phi) is 13.7. The van der Waals surface area contributed by atoms with E-state index < -0.39 is 16.8 Å². The van der Waals surface area contributed by atoms with Crippen molar-refractivity contribution in [1.29, 1.82) is 0 Å². The highest BCUT2D eigenvalue weighted by atomic mass is 16.5. The van der Waals surface area contributed by atoms with Crippen LogP contribution < -0.4 is 10.6 Å². The number of hydrogen-bond donors (Lipinski definition) is 3. The van der Waals surface area contributed by atoms with Crippen LogP contribution in [-0.2, 0) is 23.9 Å². The Hall–Kier alpha value is -1.67. The van der Waals surface area contributed by atoms with E-state index in [1.165, 1.54) is 0 Å². The third kappa shape index (κ3) is 18.3. The van der Waals surface area contributed by atoms with Crippen molar-refractivity contribution in [2.45, 2.75) is 109 Å². The molecule has 0 spiro atoms. The summed E-state index contributed by atoms with van der Waals surface area (Å²) in [6, 6.07) is 0. The van der Waals surface area contributed by atoms with Crippen molar-refractivity contribution in [2.75, 3.05) is 39.5 Å². The van der Waals surface area contributed by atoms with E-state index in [4.69, 9.17) is 14.6 Å². The van der Waals surface area contributed by atoms with Crippen LogP contribution in [0.4, 0.5) is 0 Å². The molecule has 39 heavy (non-hydrogen) atoms. The highest BCUT2D eigenvalue weighted by Gasteiger charge is 2.34. The molecule has 0 fully saturated rings. The first-order valence-electron chi connectivity index (χ1n) is 14.2. The molecule has 0 bridgehead atoms. The van der Waals surface area contributed by atoms with Gasteiger partial charge in [-0.25, -0.2) is 0 Å². The van der Waals surface area contributed by atoms with Crippen LogP contribution in [0.15, 0.2) is 0 Å². The summed E-state index contributed by atoms with van der Waals surface area (Å²) in [6.45, 7) is 29.0. The topological polar surface area (TPSA) is 114 Å². The van der Waals surface area contributed by atoms with Crippen LogP contribution in [0.1, 0.15) is 109 Å². The molecular weight excluding hydrogens is 496 g/mol. The molecule has 3 N–H and O–H groups in total. The number of ether oxygens (including phenoxy) is 2. The van der Waals surface area contributed by atoms with Gasteiger partial charge in [-0.05, 0) is 22.7 Å². The second-order valence-corrected chi connectivity index (χ2v) is 16.5. The first kappa shape index (κ1) is 37.3. The van der Waals surface area contributed by atoms with Crippen molar-refractivity contribution in [3.8, 4) is 0 Å². The van der Waals surface area contributed by atoms with Gasteiger partial charge >= 0.3 is 5.97 Å². The van der Waals surface area contributed by atoms with E-state index in [9.17, 15) is 14.4 Å². The number of carbonyl (C=O) groups excluding carboxylic acids is 2. The van der Waals surface area contributed by atoms with Crippen molar-refractivity contribution in [1.82, 2.24) is 10.6 Å². The predicted octanol–water partition coefficient (Wildman–Crippen LogP) is 5.68. The van der Waals surface area contributed by atoms with Crippen molar-refractivity contribution in [2.24, 2.45) is 32.5 Å². The summed E-state index contributed by atoms with van der Waals surface area (Å²) in [6.07, 6.45) is 1.17. The molecule has 0 atom stereocenters. The summed E-state index contributed by atoms with van der Waals surface area (Å²) < 4.78 is 11.8. The predicted molar refractivity (Wildman–Crippen MR) is 158 cm³/mol. The molecule has 0 aliphatic carbocycles. The molecule has 0 aliphatic heterocycles. The highest BCUT2D eigenvalue weighted by molar-refractivity contribution is 5.81. The molecule has 0 saturated carbocycles. The maximum atomic E-state index is 12.8. The average Bonchev–Trinajstić information content (AvgIpc) is 2.66. The van der Waals surface area contributed by atoms with Crippen molar-refractivity contribution in [3.05, 3.63) is 0 Å². The molecule has 0 rings (SSSR count). The fourth-order valence-corrected chi connectivity index (χ4v) is 4.62. The zero-order chi connectivity index (χ0) is 30.9. The Bertz CT molecular complexity index is 806.